The molecule has 4 heterocycles. The number of fused-ring (bicyclic) bond motifs is 2. The monoisotopic (exact) mass is 783 g/mol. The third-order valence-corrected chi connectivity index (χ3v) is 10.8. The molecule has 18 heteroatoms. The van der Waals surface area contributed by atoms with Gasteiger partial charge in [0, 0.05) is 49.9 Å². The van der Waals surface area contributed by atoms with Crippen molar-refractivity contribution in [3.8, 4) is 0 Å². The van der Waals surface area contributed by atoms with E-state index < -0.39 is 33.1 Å². The van der Waals surface area contributed by atoms with Crippen LogP contribution in [0.5, 0.6) is 0 Å². The Bertz CT molecular complexity index is 1680. The molecule has 0 spiro atoms. The van der Waals surface area contributed by atoms with Crippen LogP contribution in [0.25, 0.3) is 11.2 Å². The minimum Gasteiger partial charge on any atom is -0.366 e. The average molecular weight is 786 g/mol. The number of nitrogens with zero attached hydrogens (tertiary/aromatic N) is 5. The van der Waals surface area contributed by atoms with Gasteiger partial charge >= 0.3 is 11.4 Å². The molecular formula is C25H40Br2ClN7O6Si2. The van der Waals surface area contributed by atoms with E-state index in [1.54, 1.807) is 18.7 Å². The Balaban J connectivity index is 0.000000250. The number of aryl methyl sites for hydroxylation is 1. The molecule has 3 aromatic rings. The van der Waals surface area contributed by atoms with Crippen LogP contribution in [0.3, 0.4) is 0 Å². The molecule has 4 rings (SSSR count). The van der Waals surface area contributed by atoms with E-state index in [-0.39, 0.29) is 12.3 Å². The minimum absolute atomic E-state index is 0.225. The van der Waals surface area contributed by atoms with E-state index in [9.17, 15) is 19.2 Å². The van der Waals surface area contributed by atoms with Crippen LogP contribution >= 0.6 is 43.5 Å². The van der Waals surface area contributed by atoms with Gasteiger partial charge in [-0.15, -0.1) is 0 Å². The van der Waals surface area contributed by atoms with Crippen molar-refractivity contribution in [2.75, 3.05) is 19.3 Å². The highest BCUT2D eigenvalue weighted by atomic mass is 79.9. The summed E-state index contributed by atoms with van der Waals surface area (Å²) in [5, 5.41) is 0. The summed E-state index contributed by atoms with van der Waals surface area (Å²) in [7, 11) is 1.11. The highest BCUT2D eigenvalue weighted by Gasteiger charge is 2.20. The maximum absolute atomic E-state index is 12.0. The largest absolute Gasteiger partial charge is 0.366 e. The van der Waals surface area contributed by atoms with Gasteiger partial charge in [-0.2, -0.15) is 0 Å². The van der Waals surface area contributed by atoms with Gasteiger partial charge in [-0.3, -0.25) is 33.3 Å². The molecule has 0 saturated heterocycles. The molecule has 1 aliphatic rings. The normalized spacial score (nSPS) is 12.8. The zero-order chi connectivity index (χ0) is 32.7. The van der Waals surface area contributed by atoms with Crippen molar-refractivity contribution in [2.24, 2.45) is 19.1 Å². The Hall–Kier alpha value is -1.90. The Kier molecular flexibility index (Phi) is 13.8. The first-order valence-corrected chi connectivity index (χ1v) is 23.0. The molecule has 0 amide bonds. The van der Waals surface area contributed by atoms with E-state index in [2.05, 4.69) is 91.1 Å². The van der Waals surface area contributed by atoms with Crippen LogP contribution in [0.2, 0.25) is 51.4 Å². The summed E-state index contributed by atoms with van der Waals surface area (Å²) in [6.45, 7) is 15.5. The zero-order valence-electron chi connectivity index (χ0n) is 25.8. The number of hydrogen-bond donors (Lipinski definition) is 2. The minimum atomic E-state index is -1.15. The van der Waals surface area contributed by atoms with Gasteiger partial charge in [-0.1, -0.05) is 50.9 Å². The number of aliphatic imine (C=N–C) groups is 1. The van der Waals surface area contributed by atoms with Gasteiger partial charge in [0.15, 0.2) is 15.9 Å². The van der Waals surface area contributed by atoms with Crippen molar-refractivity contribution in [1.29, 1.82) is 0 Å². The van der Waals surface area contributed by atoms with Crippen LogP contribution in [0, 0.1) is 0 Å². The van der Waals surface area contributed by atoms with Crippen LogP contribution in [-0.4, -0.2) is 68.7 Å². The second-order valence-electron chi connectivity index (χ2n) is 12.3. The van der Waals surface area contributed by atoms with E-state index >= 15 is 0 Å². The molecule has 0 radical (unpaired) electrons. The lowest BCUT2D eigenvalue weighted by molar-refractivity contribution is 0.0882. The van der Waals surface area contributed by atoms with Crippen molar-refractivity contribution < 1.29 is 9.47 Å². The lowest BCUT2D eigenvalue weighted by Crippen LogP contribution is -2.29. The first kappa shape index (κ1) is 37.3. The van der Waals surface area contributed by atoms with Crippen LogP contribution in [0.1, 0.15) is 5.56 Å². The molecule has 0 atom stereocenters. The van der Waals surface area contributed by atoms with Crippen molar-refractivity contribution in [2.45, 2.75) is 64.5 Å². The van der Waals surface area contributed by atoms with Crippen molar-refractivity contribution in [1.82, 2.24) is 28.7 Å². The SMILES string of the molecule is C[Si](C)(C)CCOCCl.Cn1c(=O)[nH]c(=O)c2c1nc(Br)n2COCC[Si](C)(C)C.Cn1c2c(c(=O)[nH]c1=O)CC(Br)=N2. The van der Waals surface area contributed by atoms with E-state index in [0.29, 0.717) is 51.0 Å². The third kappa shape index (κ3) is 11.2. The van der Waals surface area contributed by atoms with E-state index in [1.807, 2.05) is 0 Å². The summed E-state index contributed by atoms with van der Waals surface area (Å²) >= 11 is 11.8. The Morgan fingerprint density at radius 2 is 1.40 bits per heavy atom. The molecule has 240 valence electrons. The Morgan fingerprint density at radius 1 is 0.860 bits per heavy atom. The summed E-state index contributed by atoms with van der Waals surface area (Å²) in [6, 6.07) is 2.59. The molecule has 0 aromatic carbocycles. The Morgan fingerprint density at radius 3 is 1.95 bits per heavy atom. The van der Waals surface area contributed by atoms with Crippen LogP contribution in [0.4, 0.5) is 5.82 Å². The van der Waals surface area contributed by atoms with Crippen molar-refractivity contribution in [3.05, 3.63) is 52.0 Å². The molecule has 13 nitrogen and oxygen atoms in total. The van der Waals surface area contributed by atoms with Gasteiger partial charge in [0.05, 0.1) is 10.2 Å². The molecule has 0 unspecified atom stereocenters. The fourth-order valence-corrected chi connectivity index (χ4v) is 6.07. The number of halogens is 3. The van der Waals surface area contributed by atoms with Crippen molar-refractivity contribution in [3.63, 3.8) is 0 Å². The number of imidazole rings is 1. The van der Waals surface area contributed by atoms with Gasteiger partial charge in [0.1, 0.15) is 18.6 Å². The Labute approximate surface area is 273 Å². The smallest absolute Gasteiger partial charge is 0.329 e. The molecule has 0 aliphatic carbocycles. The summed E-state index contributed by atoms with van der Waals surface area (Å²) in [4.78, 5) is 58.7. The average Bonchev–Trinajstić information content (AvgIpc) is 3.44. The molecule has 2 N–H and O–H groups in total. The van der Waals surface area contributed by atoms with E-state index in [0.717, 1.165) is 12.7 Å². The predicted octanol–water partition coefficient (Wildman–Crippen LogP) is 4.09. The number of aromatic nitrogens is 6. The van der Waals surface area contributed by atoms with Gasteiger partial charge in [-0.05, 0) is 43.9 Å². The molecule has 3 aromatic heterocycles. The zero-order valence-corrected chi connectivity index (χ0v) is 31.7. The van der Waals surface area contributed by atoms with Crippen molar-refractivity contribution >= 4 is 81.2 Å². The maximum atomic E-state index is 12.0. The topological polar surface area (TPSA) is 158 Å². The molecule has 0 saturated carbocycles. The van der Waals surface area contributed by atoms with E-state index in [4.69, 9.17) is 21.1 Å². The van der Waals surface area contributed by atoms with Gasteiger partial charge in [0.2, 0.25) is 0 Å². The third-order valence-electron chi connectivity index (χ3n) is 6.19. The summed E-state index contributed by atoms with van der Waals surface area (Å²) in [5.41, 5.74) is -0.522. The lowest BCUT2D eigenvalue weighted by Gasteiger charge is -2.15. The van der Waals surface area contributed by atoms with Gasteiger partial charge in [0.25, 0.3) is 11.1 Å². The van der Waals surface area contributed by atoms with Crippen LogP contribution in [0.15, 0.2) is 28.9 Å². The van der Waals surface area contributed by atoms with Gasteiger partial charge < -0.3 is 9.47 Å². The molecule has 43 heavy (non-hydrogen) atoms. The van der Waals surface area contributed by atoms with Crippen LogP contribution in [-0.2, 0) is 36.7 Å². The predicted molar refractivity (Wildman–Crippen MR) is 184 cm³/mol. The number of alkyl halides is 1. The number of hydrogen-bond acceptors (Lipinski definition) is 8. The number of nitrogens with one attached hydrogen (secondary N) is 2. The number of rotatable bonds is 9. The summed E-state index contributed by atoms with van der Waals surface area (Å²) in [5.74, 6) is 0.445. The van der Waals surface area contributed by atoms with Gasteiger partial charge in [-0.25, -0.2) is 19.6 Å². The number of ether oxygens (including phenoxy) is 2. The number of aromatic amines is 2. The first-order valence-electron chi connectivity index (χ1n) is 13.5. The first-order chi connectivity index (χ1) is 19.9. The molecule has 0 bridgehead atoms. The summed E-state index contributed by atoms with van der Waals surface area (Å²) in [6.07, 6.45) is 0.457. The fourth-order valence-electron chi connectivity index (χ4n) is 3.55. The molecule has 0 fully saturated rings. The summed E-state index contributed by atoms with van der Waals surface area (Å²) < 4.78 is 16.1. The number of H-pyrrole nitrogens is 2. The highest BCUT2D eigenvalue weighted by molar-refractivity contribution is 9.18. The quantitative estimate of drug-likeness (QED) is 0.143. The maximum Gasteiger partial charge on any atom is 0.329 e. The highest BCUT2D eigenvalue weighted by Crippen LogP contribution is 2.23. The lowest BCUT2D eigenvalue weighted by atomic mass is 10.2. The fraction of sp³-hybridized carbons (Fsp3) is 0.600. The second-order valence-corrected chi connectivity index (χ2v) is 25.3. The second kappa shape index (κ2) is 15.9. The standard InChI is InChI=1S/C12H19BrN4O3Si.C7H6BrN3O2.C6H15ClOSi/c1-16-9-8(10(18)15-12(16)19)17(11(13)14-9)7-20-5-6-21(2,3)4;1-11-5-3(2-4(8)9-5)6(12)10-7(11)13;1-9(2,3)5-4-8-6-7/h5-7H2,1-4H3,(H,15,18,19);2H2,1H3,(H,10,12,13);4-6H2,1-3H3. The van der Waals surface area contributed by atoms with Crippen LogP contribution < -0.4 is 22.5 Å². The molecule has 1 aliphatic heterocycles. The molecular weight excluding hydrogens is 746 g/mol. The van der Waals surface area contributed by atoms with E-state index in [1.165, 1.54) is 15.2 Å².